The average Bonchev–Trinajstić information content (AvgIpc) is 2.88. The summed E-state index contributed by atoms with van der Waals surface area (Å²) in [7, 11) is 0. The summed E-state index contributed by atoms with van der Waals surface area (Å²) in [5.41, 5.74) is 1.89. The number of tetrazole rings is 1. The second-order valence-corrected chi connectivity index (χ2v) is 5.07. The van der Waals surface area contributed by atoms with Crippen molar-refractivity contribution in [2.45, 2.75) is 38.9 Å². The van der Waals surface area contributed by atoms with Crippen molar-refractivity contribution in [3.05, 3.63) is 35.7 Å². The van der Waals surface area contributed by atoms with Gasteiger partial charge in [0.05, 0.1) is 0 Å². The lowest BCUT2D eigenvalue weighted by Crippen LogP contribution is -2.32. The van der Waals surface area contributed by atoms with Crippen LogP contribution in [0.25, 0.3) is 0 Å². The van der Waals surface area contributed by atoms with Gasteiger partial charge in [-0.2, -0.15) is 0 Å². The molecule has 2 N–H and O–H groups in total. The number of carbonyl (C=O) groups is 1. The van der Waals surface area contributed by atoms with Crippen LogP contribution in [0.5, 0.6) is 0 Å². The molecule has 1 unspecified atom stereocenters. The Balaban J connectivity index is 1.84. The first-order chi connectivity index (χ1) is 10.3. The highest BCUT2D eigenvalue weighted by Gasteiger charge is 2.29. The van der Waals surface area contributed by atoms with Crippen LogP contribution in [-0.2, 0) is 17.9 Å². The third-order valence-electron chi connectivity index (χ3n) is 3.58. The van der Waals surface area contributed by atoms with Gasteiger partial charge in [-0.1, -0.05) is 31.5 Å². The number of amides is 1. The molecule has 1 aromatic carbocycles. The zero-order valence-corrected chi connectivity index (χ0v) is 11.9. The smallest absolute Gasteiger partial charge is 0.249 e. The Morgan fingerprint density at radius 2 is 2.24 bits per heavy atom. The van der Waals surface area contributed by atoms with E-state index in [1.165, 1.54) is 0 Å². The van der Waals surface area contributed by atoms with Crippen LogP contribution in [0.1, 0.15) is 37.2 Å². The number of rotatable bonds is 4. The van der Waals surface area contributed by atoms with E-state index in [1.54, 1.807) is 4.68 Å². The number of anilines is 1. The molecular formula is C14H18N6O. The summed E-state index contributed by atoms with van der Waals surface area (Å²) in [4.78, 5) is 12.4. The molecular weight excluding hydrogens is 268 g/mol. The third-order valence-corrected chi connectivity index (χ3v) is 3.58. The van der Waals surface area contributed by atoms with Crippen molar-refractivity contribution in [2.24, 2.45) is 0 Å². The number of carbonyl (C=O) groups excluding carboxylic acids is 1. The van der Waals surface area contributed by atoms with Gasteiger partial charge in [-0.25, -0.2) is 4.68 Å². The standard InChI is InChI=1S/C14H18N6O/c1-2-3-8-20-13(17-18-19-20)12-14(21)16-11-7-5-4-6-10(11)9-15-12/h4-7,12,15H,2-3,8-9H2,1H3,(H,16,21). The number of aromatic nitrogens is 4. The van der Waals surface area contributed by atoms with Gasteiger partial charge in [-0.15, -0.1) is 5.10 Å². The van der Waals surface area contributed by atoms with E-state index >= 15 is 0 Å². The van der Waals surface area contributed by atoms with Crippen LogP contribution in [0.2, 0.25) is 0 Å². The van der Waals surface area contributed by atoms with Crippen LogP contribution < -0.4 is 10.6 Å². The van der Waals surface area contributed by atoms with Crippen molar-refractivity contribution in [3.63, 3.8) is 0 Å². The lowest BCUT2D eigenvalue weighted by Gasteiger charge is -2.13. The molecule has 3 rings (SSSR count). The van der Waals surface area contributed by atoms with Gasteiger partial charge in [0.25, 0.3) is 0 Å². The molecule has 0 fully saturated rings. The average molecular weight is 286 g/mol. The zero-order valence-electron chi connectivity index (χ0n) is 11.9. The summed E-state index contributed by atoms with van der Waals surface area (Å²) < 4.78 is 1.71. The lowest BCUT2D eigenvalue weighted by molar-refractivity contribution is -0.118. The molecule has 0 bridgehead atoms. The van der Waals surface area contributed by atoms with Crippen molar-refractivity contribution < 1.29 is 4.79 Å². The van der Waals surface area contributed by atoms with E-state index in [0.29, 0.717) is 12.4 Å². The van der Waals surface area contributed by atoms with Gasteiger partial charge >= 0.3 is 0 Å². The molecule has 1 aromatic heterocycles. The van der Waals surface area contributed by atoms with Gasteiger partial charge in [0.1, 0.15) is 6.04 Å². The van der Waals surface area contributed by atoms with Gasteiger partial charge in [-0.05, 0) is 28.5 Å². The Kier molecular flexibility index (Phi) is 3.92. The number of benzene rings is 1. The number of unbranched alkanes of at least 4 members (excludes halogenated alkanes) is 1. The van der Waals surface area contributed by atoms with Crippen LogP contribution in [0.4, 0.5) is 5.69 Å². The van der Waals surface area contributed by atoms with Gasteiger partial charge < -0.3 is 5.32 Å². The van der Waals surface area contributed by atoms with E-state index < -0.39 is 6.04 Å². The topological polar surface area (TPSA) is 84.7 Å². The van der Waals surface area contributed by atoms with Crippen molar-refractivity contribution in [1.82, 2.24) is 25.5 Å². The molecule has 0 aliphatic carbocycles. The molecule has 1 amide bonds. The zero-order chi connectivity index (χ0) is 14.7. The predicted molar refractivity (Wildman–Crippen MR) is 77.4 cm³/mol. The summed E-state index contributed by atoms with van der Waals surface area (Å²) in [5.74, 6) is 0.432. The number of hydrogen-bond donors (Lipinski definition) is 2. The van der Waals surface area contributed by atoms with Crippen LogP contribution >= 0.6 is 0 Å². The Labute approximate surface area is 122 Å². The van der Waals surface area contributed by atoms with Crippen molar-refractivity contribution in [2.75, 3.05) is 5.32 Å². The molecule has 0 saturated carbocycles. The van der Waals surface area contributed by atoms with Gasteiger partial charge in [0.15, 0.2) is 5.82 Å². The maximum absolute atomic E-state index is 12.4. The van der Waals surface area contributed by atoms with E-state index in [1.807, 2.05) is 24.3 Å². The maximum atomic E-state index is 12.4. The monoisotopic (exact) mass is 286 g/mol. The van der Waals surface area contributed by atoms with Crippen molar-refractivity contribution >= 4 is 11.6 Å². The first-order valence-corrected chi connectivity index (χ1v) is 7.18. The molecule has 2 heterocycles. The first kappa shape index (κ1) is 13.7. The number of hydrogen-bond acceptors (Lipinski definition) is 5. The van der Waals surface area contributed by atoms with Gasteiger partial charge in [0.2, 0.25) is 5.91 Å². The Morgan fingerprint density at radius 1 is 1.38 bits per heavy atom. The first-order valence-electron chi connectivity index (χ1n) is 7.18. The summed E-state index contributed by atoms with van der Waals surface area (Å²) in [6.07, 6.45) is 2.03. The molecule has 0 spiro atoms. The second kappa shape index (κ2) is 6.01. The highest BCUT2D eigenvalue weighted by atomic mass is 16.2. The van der Waals surface area contributed by atoms with Crippen molar-refractivity contribution in [1.29, 1.82) is 0 Å². The number of nitrogens with one attached hydrogen (secondary N) is 2. The molecule has 1 aliphatic rings. The fourth-order valence-corrected chi connectivity index (χ4v) is 2.40. The molecule has 0 radical (unpaired) electrons. The molecule has 2 aromatic rings. The minimum absolute atomic E-state index is 0.132. The van der Waals surface area contributed by atoms with Gasteiger partial charge in [0, 0.05) is 18.8 Å². The third kappa shape index (κ3) is 2.78. The number of para-hydroxylation sites is 1. The lowest BCUT2D eigenvalue weighted by atomic mass is 10.2. The molecule has 110 valence electrons. The fraction of sp³-hybridized carbons (Fsp3) is 0.429. The largest absolute Gasteiger partial charge is 0.324 e. The minimum Gasteiger partial charge on any atom is -0.324 e. The fourth-order valence-electron chi connectivity index (χ4n) is 2.40. The van der Waals surface area contributed by atoms with Crippen LogP contribution in [0, 0.1) is 0 Å². The summed E-state index contributed by atoms with van der Waals surface area (Å²) in [6, 6.07) is 7.22. The van der Waals surface area contributed by atoms with Crippen LogP contribution in [0.3, 0.4) is 0 Å². The molecule has 21 heavy (non-hydrogen) atoms. The Morgan fingerprint density at radius 3 is 3.10 bits per heavy atom. The molecule has 1 atom stereocenters. The summed E-state index contributed by atoms with van der Waals surface area (Å²) in [5, 5.41) is 17.9. The van der Waals surface area contributed by atoms with Crippen LogP contribution in [0.15, 0.2) is 24.3 Å². The predicted octanol–water partition coefficient (Wildman–Crippen LogP) is 1.26. The molecule has 7 nitrogen and oxygen atoms in total. The van der Waals surface area contributed by atoms with E-state index in [0.717, 1.165) is 30.6 Å². The normalized spacial score (nSPS) is 18.0. The Bertz CT molecular complexity index is 638. The SMILES string of the molecule is CCCCn1nnnc1C1NCc2ccccc2NC1=O. The number of nitrogens with zero attached hydrogens (tertiary/aromatic N) is 4. The quantitative estimate of drug-likeness (QED) is 0.883. The number of aryl methyl sites for hydroxylation is 1. The van der Waals surface area contributed by atoms with Gasteiger partial charge in [-0.3, -0.25) is 10.1 Å². The summed E-state index contributed by atoms with van der Waals surface area (Å²) >= 11 is 0. The Hall–Kier alpha value is -2.28. The maximum Gasteiger partial charge on any atom is 0.249 e. The van der Waals surface area contributed by atoms with E-state index in [9.17, 15) is 4.79 Å². The molecule has 0 saturated heterocycles. The van der Waals surface area contributed by atoms with E-state index in [4.69, 9.17) is 0 Å². The highest BCUT2D eigenvalue weighted by Crippen LogP contribution is 2.22. The molecule has 1 aliphatic heterocycles. The van der Waals surface area contributed by atoms with E-state index in [-0.39, 0.29) is 5.91 Å². The minimum atomic E-state index is -0.538. The number of fused-ring (bicyclic) bond motifs is 1. The summed E-state index contributed by atoms with van der Waals surface area (Å²) in [6.45, 7) is 3.43. The second-order valence-electron chi connectivity index (χ2n) is 5.07. The van der Waals surface area contributed by atoms with E-state index in [2.05, 4.69) is 33.1 Å². The van der Waals surface area contributed by atoms with Crippen LogP contribution in [-0.4, -0.2) is 26.1 Å². The highest BCUT2D eigenvalue weighted by molar-refractivity contribution is 5.96. The molecule has 7 heteroatoms. The van der Waals surface area contributed by atoms with Crippen molar-refractivity contribution in [3.8, 4) is 0 Å².